The van der Waals surface area contributed by atoms with E-state index >= 15 is 0 Å². The first-order valence-corrected chi connectivity index (χ1v) is 10.9. The van der Waals surface area contributed by atoms with Gasteiger partial charge in [0.25, 0.3) is 0 Å². The molecule has 4 heterocycles. The maximum absolute atomic E-state index is 12.8. The molecule has 0 bridgehead atoms. The van der Waals surface area contributed by atoms with E-state index in [-0.39, 0.29) is 17.9 Å². The molecular weight excluding hydrogens is 388 g/mol. The van der Waals surface area contributed by atoms with Gasteiger partial charge in [-0.3, -0.25) is 4.79 Å². The summed E-state index contributed by atoms with van der Waals surface area (Å²) in [6, 6.07) is -0.212. The first kappa shape index (κ1) is 19.8. The number of aromatic nitrogens is 4. The number of hydrogen-bond donors (Lipinski definition) is 1. The topological polar surface area (TPSA) is 97.0 Å². The lowest BCUT2D eigenvalue weighted by atomic mass is 9.95. The van der Waals surface area contributed by atoms with Crippen molar-refractivity contribution in [1.82, 2.24) is 25.4 Å². The molecule has 9 heteroatoms. The minimum absolute atomic E-state index is 0.0177. The fraction of sp³-hybridized carbons (Fsp3) is 0.550. The van der Waals surface area contributed by atoms with Crippen LogP contribution in [0.25, 0.3) is 10.2 Å². The molecule has 0 saturated carbocycles. The minimum atomic E-state index is -0.212. The fourth-order valence-electron chi connectivity index (χ4n) is 3.85. The van der Waals surface area contributed by atoms with Gasteiger partial charge in [-0.1, -0.05) is 12.1 Å². The second-order valence-corrected chi connectivity index (χ2v) is 8.77. The van der Waals surface area contributed by atoms with Crippen molar-refractivity contribution in [2.45, 2.75) is 53.0 Å². The number of fused-ring (bicyclic) bond motifs is 1. The van der Waals surface area contributed by atoms with Crippen LogP contribution in [0.5, 0.6) is 0 Å². The third-order valence-corrected chi connectivity index (χ3v) is 6.81. The number of carbonyl (C=O) groups is 1. The van der Waals surface area contributed by atoms with Crippen molar-refractivity contribution in [2.75, 3.05) is 18.0 Å². The predicted molar refractivity (Wildman–Crippen MR) is 112 cm³/mol. The third kappa shape index (κ3) is 3.83. The lowest BCUT2D eigenvalue weighted by Gasteiger charge is -2.33. The Hall–Kier alpha value is -2.55. The standard InChI is InChI=1S/C20H26N6O2S/c1-5-15(17-23-13(4)28-25-17)24-19(27)14-6-8-26(9-7-14)18-16-11(2)12(3)29-20(16)22-10-21-18/h10,14-15H,5-9H2,1-4H3,(H,24,27)/t15-/m0/s1. The Morgan fingerprint density at radius 2 is 2.07 bits per heavy atom. The molecule has 0 unspecified atom stereocenters. The van der Waals surface area contributed by atoms with Gasteiger partial charge in [0.05, 0.1) is 11.4 Å². The molecule has 0 aliphatic carbocycles. The lowest BCUT2D eigenvalue weighted by molar-refractivity contribution is -0.126. The number of amides is 1. The van der Waals surface area contributed by atoms with E-state index in [1.165, 1.54) is 10.4 Å². The maximum atomic E-state index is 12.8. The molecule has 8 nitrogen and oxygen atoms in total. The highest BCUT2D eigenvalue weighted by atomic mass is 32.1. The summed E-state index contributed by atoms with van der Waals surface area (Å²) in [5.74, 6) is 2.09. The molecule has 1 atom stereocenters. The summed E-state index contributed by atoms with van der Waals surface area (Å²) in [6.45, 7) is 9.61. The monoisotopic (exact) mass is 414 g/mol. The molecule has 1 amide bonds. The van der Waals surface area contributed by atoms with Gasteiger partial charge in [-0.25, -0.2) is 9.97 Å². The van der Waals surface area contributed by atoms with Crippen LogP contribution in [0.1, 0.15) is 54.4 Å². The molecule has 29 heavy (non-hydrogen) atoms. The molecule has 1 aliphatic rings. The first-order chi connectivity index (χ1) is 14.0. The van der Waals surface area contributed by atoms with Crippen LogP contribution in [-0.4, -0.2) is 39.1 Å². The molecule has 0 spiro atoms. The van der Waals surface area contributed by atoms with E-state index in [4.69, 9.17) is 4.52 Å². The van der Waals surface area contributed by atoms with Crippen molar-refractivity contribution >= 4 is 33.3 Å². The van der Waals surface area contributed by atoms with Gasteiger partial charge in [0, 0.05) is 30.8 Å². The zero-order chi connectivity index (χ0) is 20.5. The van der Waals surface area contributed by atoms with Crippen LogP contribution in [0.15, 0.2) is 10.9 Å². The number of nitrogens with one attached hydrogen (secondary N) is 1. The summed E-state index contributed by atoms with van der Waals surface area (Å²) >= 11 is 1.71. The molecule has 0 radical (unpaired) electrons. The molecule has 1 N–H and O–H groups in total. The van der Waals surface area contributed by atoms with Gasteiger partial charge in [-0.2, -0.15) is 4.98 Å². The molecule has 1 aliphatic heterocycles. The number of nitrogens with zero attached hydrogens (tertiary/aromatic N) is 5. The summed E-state index contributed by atoms with van der Waals surface area (Å²) in [4.78, 5) is 30.7. The van der Waals surface area contributed by atoms with Crippen LogP contribution < -0.4 is 10.2 Å². The van der Waals surface area contributed by atoms with E-state index in [2.05, 4.69) is 44.2 Å². The van der Waals surface area contributed by atoms with Crippen LogP contribution in [0, 0.1) is 26.7 Å². The smallest absolute Gasteiger partial charge is 0.223 e. The number of carbonyl (C=O) groups excluding carboxylic acids is 1. The van der Waals surface area contributed by atoms with E-state index in [1.807, 2.05) is 6.92 Å². The average molecular weight is 415 g/mol. The van der Waals surface area contributed by atoms with E-state index in [0.29, 0.717) is 11.7 Å². The van der Waals surface area contributed by atoms with Crippen molar-refractivity contribution < 1.29 is 9.32 Å². The minimum Gasteiger partial charge on any atom is -0.356 e. The van der Waals surface area contributed by atoms with Crippen LogP contribution >= 0.6 is 11.3 Å². The Morgan fingerprint density at radius 3 is 2.72 bits per heavy atom. The summed E-state index contributed by atoms with van der Waals surface area (Å²) in [7, 11) is 0. The van der Waals surface area contributed by atoms with Crippen molar-refractivity contribution in [2.24, 2.45) is 5.92 Å². The van der Waals surface area contributed by atoms with Gasteiger partial charge >= 0.3 is 0 Å². The van der Waals surface area contributed by atoms with Gasteiger partial charge in [-0.05, 0) is 38.7 Å². The highest BCUT2D eigenvalue weighted by Gasteiger charge is 2.29. The van der Waals surface area contributed by atoms with Gasteiger partial charge < -0.3 is 14.7 Å². The molecule has 0 aromatic carbocycles. The van der Waals surface area contributed by atoms with Gasteiger partial charge in [-0.15, -0.1) is 11.3 Å². The highest BCUT2D eigenvalue weighted by molar-refractivity contribution is 7.18. The summed E-state index contributed by atoms with van der Waals surface area (Å²) in [5, 5.41) is 8.20. The van der Waals surface area contributed by atoms with Crippen LogP contribution in [0.4, 0.5) is 5.82 Å². The second kappa shape index (κ2) is 8.06. The number of rotatable bonds is 5. The van der Waals surface area contributed by atoms with E-state index in [0.717, 1.165) is 48.4 Å². The Bertz CT molecular complexity index is 1020. The van der Waals surface area contributed by atoms with Crippen molar-refractivity contribution in [1.29, 1.82) is 0 Å². The van der Waals surface area contributed by atoms with Crippen LogP contribution in [-0.2, 0) is 4.79 Å². The Kier molecular flexibility index (Phi) is 5.49. The van der Waals surface area contributed by atoms with Gasteiger partial charge in [0.15, 0.2) is 5.82 Å². The largest absolute Gasteiger partial charge is 0.356 e. The number of hydrogen-bond acceptors (Lipinski definition) is 8. The van der Waals surface area contributed by atoms with E-state index in [9.17, 15) is 4.79 Å². The number of piperidine rings is 1. The van der Waals surface area contributed by atoms with E-state index in [1.54, 1.807) is 24.6 Å². The Balaban J connectivity index is 1.42. The SMILES string of the molecule is CC[C@H](NC(=O)C1CCN(c2ncnc3sc(C)c(C)c23)CC1)c1noc(C)n1. The highest BCUT2D eigenvalue weighted by Crippen LogP contribution is 2.35. The van der Waals surface area contributed by atoms with Crippen molar-refractivity contribution in [3.8, 4) is 0 Å². The molecular formula is C20H26N6O2S. The Labute approximate surface area is 173 Å². The molecule has 4 rings (SSSR count). The quantitative estimate of drug-likeness (QED) is 0.682. The molecule has 3 aromatic rings. The fourth-order valence-corrected chi connectivity index (χ4v) is 4.84. The third-order valence-electron chi connectivity index (χ3n) is 5.69. The average Bonchev–Trinajstić information content (AvgIpc) is 3.29. The Morgan fingerprint density at radius 1 is 1.31 bits per heavy atom. The number of thiophene rings is 1. The molecule has 1 fully saturated rings. The lowest BCUT2D eigenvalue weighted by Crippen LogP contribution is -2.42. The molecule has 154 valence electrons. The predicted octanol–water partition coefficient (Wildman–Crippen LogP) is 3.48. The van der Waals surface area contributed by atoms with Crippen molar-refractivity contribution in [3.63, 3.8) is 0 Å². The summed E-state index contributed by atoms with van der Waals surface area (Å²) in [5.41, 5.74) is 1.25. The molecule has 1 saturated heterocycles. The van der Waals surface area contributed by atoms with Crippen LogP contribution in [0.3, 0.4) is 0 Å². The zero-order valence-electron chi connectivity index (χ0n) is 17.2. The van der Waals surface area contributed by atoms with E-state index < -0.39 is 0 Å². The van der Waals surface area contributed by atoms with Gasteiger partial charge in [0.2, 0.25) is 11.8 Å². The maximum Gasteiger partial charge on any atom is 0.223 e. The summed E-state index contributed by atoms with van der Waals surface area (Å²) in [6.07, 6.45) is 3.95. The first-order valence-electron chi connectivity index (χ1n) is 10.0. The van der Waals surface area contributed by atoms with Crippen LogP contribution in [0.2, 0.25) is 0 Å². The number of aryl methyl sites for hydroxylation is 3. The summed E-state index contributed by atoms with van der Waals surface area (Å²) < 4.78 is 5.05. The number of anilines is 1. The van der Waals surface area contributed by atoms with Crippen molar-refractivity contribution in [3.05, 3.63) is 28.5 Å². The molecule has 3 aromatic heterocycles. The second-order valence-electron chi connectivity index (χ2n) is 7.56. The van der Waals surface area contributed by atoms with Gasteiger partial charge in [0.1, 0.15) is 17.0 Å². The zero-order valence-corrected chi connectivity index (χ0v) is 18.0. The normalized spacial score (nSPS) is 16.3.